The van der Waals surface area contributed by atoms with Gasteiger partial charge < -0.3 is 4.55 Å². The number of rotatable bonds is 5. The van der Waals surface area contributed by atoms with E-state index in [0.717, 1.165) is 24.4 Å². The van der Waals surface area contributed by atoms with Crippen LogP contribution in [0.15, 0.2) is 41.3 Å². The molecule has 0 radical (unpaired) electrons. The Morgan fingerprint density at radius 1 is 1.43 bits per heavy atom. The van der Waals surface area contributed by atoms with Gasteiger partial charge in [0.05, 0.1) is 12.3 Å². The molecule has 5 heteroatoms. The van der Waals surface area contributed by atoms with E-state index in [1.54, 1.807) is 0 Å². The summed E-state index contributed by atoms with van der Waals surface area (Å²) in [6, 6.07) is 8.49. The summed E-state index contributed by atoms with van der Waals surface area (Å²) in [5.41, 5.74) is 1.21. The fourth-order valence-corrected chi connectivity index (χ4v) is 3.58. The highest BCUT2D eigenvalue weighted by Gasteiger charge is 2.34. The second-order valence-corrected chi connectivity index (χ2v) is 9.19. The van der Waals surface area contributed by atoms with Gasteiger partial charge in [0.15, 0.2) is 0 Å². The van der Waals surface area contributed by atoms with Crippen LogP contribution >= 0.6 is 11.6 Å². The SMILES string of the molecule is C=CCN1[C@@H](/C=N/[S+]([O-])C(C)(C)C)CC[C@H]1c1cccc(Cl)c1. The lowest BCUT2D eigenvalue weighted by Gasteiger charge is -2.27. The normalized spacial score (nSPS) is 24.2. The molecule has 3 nitrogen and oxygen atoms in total. The van der Waals surface area contributed by atoms with Crippen LogP contribution in [0.3, 0.4) is 0 Å². The van der Waals surface area contributed by atoms with Gasteiger partial charge in [0.2, 0.25) is 0 Å². The molecule has 0 N–H and O–H groups in total. The van der Waals surface area contributed by atoms with E-state index in [4.69, 9.17) is 11.6 Å². The van der Waals surface area contributed by atoms with Crippen LogP contribution in [0.2, 0.25) is 5.02 Å². The topological polar surface area (TPSA) is 38.7 Å². The first-order chi connectivity index (χ1) is 10.8. The van der Waals surface area contributed by atoms with E-state index in [-0.39, 0.29) is 10.8 Å². The molecule has 0 bridgehead atoms. The number of hydrogen-bond acceptors (Lipinski definition) is 3. The van der Waals surface area contributed by atoms with E-state index in [2.05, 4.69) is 21.9 Å². The maximum atomic E-state index is 12.1. The van der Waals surface area contributed by atoms with Gasteiger partial charge in [-0.2, -0.15) is 0 Å². The smallest absolute Gasteiger partial charge is 0.144 e. The molecule has 0 amide bonds. The van der Waals surface area contributed by atoms with E-state index in [9.17, 15) is 4.55 Å². The lowest BCUT2D eigenvalue weighted by molar-refractivity contribution is 0.259. The molecule has 1 aliphatic heterocycles. The summed E-state index contributed by atoms with van der Waals surface area (Å²) < 4.78 is 16.1. The third-order valence-electron chi connectivity index (χ3n) is 3.99. The molecule has 23 heavy (non-hydrogen) atoms. The van der Waals surface area contributed by atoms with Gasteiger partial charge >= 0.3 is 0 Å². The van der Waals surface area contributed by atoms with Crippen LogP contribution in [0.5, 0.6) is 0 Å². The molecule has 1 saturated heterocycles. The number of benzene rings is 1. The summed E-state index contributed by atoms with van der Waals surface area (Å²) in [6.07, 6.45) is 5.79. The van der Waals surface area contributed by atoms with Crippen molar-refractivity contribution < 1.29 is 4.55 Å². The predicted octanol–water partition coefficient (Wildman–Crippen LogP) is 4.56. The van der Waals surface area contributed by atoms with E-state index in [0.29, 0.717) is 6.04 Å². The van der Waals surface area contributed by atoms with E-state index < -0.39 is 11.4 Å². The van der Waals surface area contributed by atoms with Crippen molar-refractivity contribution in [2.24, 2.45) is 4.40 Å². The van der Waals surface area contributed by atoms with Crippen molar-refractivity contribution in [3.8, 4) is 0 Å². The number of nitrogens with zero attached hydrogens (tertiary/aromatic N) is 2. The molecule has 126 valence electrons. The summed E-state index contributed by atoms with van der Waals surface area (Å²) in [6.45, 7) is 10.4. The standard InChI is InChI=1S/C18H25ClN2OS/c1-5-11-21-16(13-20-23(22)18(2,3)4)9-10-17(21)14-7-6-8-15(19)12-14/h5-8,12-13,16-17H,1,9-11H2,2-4H3/b20-13+/t16-,17+,23?/m1/s1. The maximum absolute atomic E-state index is 12.1. The van der Waals surface area contributed by atoms with Gasteiger partial charge in [0.25, 0.3) is 0 Å². The Kier molecular flexibility index (Phi) is 6.32. The quantitative estimate of drug-likeness (QED) is 0.442. The molecule has 0 spiro atoms. The van der Waals surface area contributed by atoms with E-state index >= 15 is 0 Å². The number of likely N-dealkylation sites (tertiary alicyclic amines) is 1. The van der Waals surface area contributed by atoms with Gasteiger partial charge in [-0.15, -0.1) is 6.58 Å². The first kappa shape index (κ1) is 18.5. The summed E-state index contributed by atoms with van der Waals surface area (Å²) in [7, 11) is 0. The average molecular weight is 353 g/mol. The Hall–Kier alpha value is -0.810. The van der Waals surface area contributed by atoms with Gasteiger partial charge in [0.1, 0.15) is 16.1 Å². The molecule has 1 aliphatic rings. The van der Waals surface area contributed by atoms with Crippen molar-refractivity contribution in [3.05, 3.63) is 47.5 Å². The van der Waals surface area contributed by atoms with Crippen molar-refractivity contribution in [3.63, 3.8) is 0 Å². The highest BCUT2D eigenvalue weighted by atomic mass is 35.5. The van der Waals surface area contributed by atoms with Crippen LogP contribution in [0.4, 0.5) is 0 Å². The number of hydrogen-bond donors (Lipinski definition) is 0. The summed E-state index contributed by atoms with van der Waals surface area (Å²) in [5, 5.41) is 0.756. The van der Waals surface area contributed by atoms with Crippen LogP contribution in [-0.2, 0) is 11.4 Å². The molecule has 2 rings (SSSR count). The minimum Gasteiger partial charge on any atom is -0.591 e. The largest absolute Gasteiger partial charge is 0.591 e. The Balaban J connectivity index is 2.16. The third kappa shape index (κ3) is 4.83. The highest BCUT2D eigenvalue weighted by Crippen LogP contribution is 2.36. The lowest BCUT2D eigenvalue weighted by atomic mass is 10.0. The molecular weight excluding hydrogens is 328 g/mol. The fraction of sp³-hybridized carbons (Fsp3) is 0.500. The molecule has 3 atom stereocenters. The zero-order valence-corrected chi connectivity index (χ0v) is 15.6. The fourth-order valence-electron chi connectivity index (χ4n) is 2.82. The van der Waals surface area contributed by atoms with Crippen molar-refractivity contribution in [1.82, 2.24) is 4.90 Å². The summed E-state index contributed by atoms with van der Waals surface area (Å²) in [4.78, 5) is 2.35. The van der Waals surface area contributed by atoms with Crippen LogP contribution in [0.25, 0.3) is 0 Å². The average Bonchev–Trinajstić information content (AvgIpc) is 2.87. The maximum Gasteiger partial charge on any atom is 0.144 e. The molecule has 1 heterocycles. The van der Waals surface area contributed by atoms with Crippen LogP contribution < -0.4 is 0 Å². The lowest BCUT2D eigenvalue weighted by Crippen LogP contribution is -2.34. The van der Waals surface area contributed by atoms with E-state index in [1.807, 2.05) is 51.3 Å². The van der Waals surface area contributed by atoms with Gasteiger partial charge in [-0.1, -0.05) is 34.2 Å². The minimum atomic E-state index is -1.22. The molecule has 0 saturated carbocycles. The Morgan fingerprint density at radius 3 is 2.78 bits per heavy atom. The Bertz CT molecular complexity index is 570. The molecule has 0 aromatic heterocycles. The molecule has 1 aromatic rings. The zero-order valence-electron chi connectivity index (χ0n) is 14.0. The zero-order chi connectivity index (χ0) is 17.0. The first-order valence-corrected chi connectivity index (χ1v) is 9.39. The van der Waals surface area contributed by atoms with Crippen molar-refractivity contribution >= 4 is 29.2 Å². The van der Waals surface area contributed by atoms with Gasteiger partial charge in [-0.05, 0) is 51.3 Å². The van der Waals surface area contributed by atoms with E-state index in [1.165, 1.54) is 5.56 Å². The number of halogens is 1. The van der Waals surface area contributed by atoms with Crippen molar-refractivity contribution in [1.29, 1.82) is 0 Å². The first-order valence-electron chi connectivity index (χ1n) is 7.91. The third-order valence-corrected chi connectivity index (χ3v) is 5.58. The van der Waals surface area contributed by atoms with Gasteiger partial charge in [0, 0.05) is 17.6 Å². The molecule has 1 aromatic carbocycles. The Labute approximate surface area is 147 Å². The minimum absolute atomic E-state index is 0.184. The molecular formula is C18H25ClN2OS. The monoisotopic (exact) mass is 352 g/mol. The van der Waals surface area contributed by atoms with Crippen LogP contribution in [0.1, 0.15) is 45.2 Å². The molecule has 1 fully saturated rings. The second kappa shape index (κ2) is 7.84. The van der Waals surface area contributed by atoms with Crippen molar-refractivity contribution in [2.75, 3.05) is 6.54 Å². The van der Waals surface area contributed by atoms with Gasteiger partial charge in [-0.3, -0.25) is 4.90 Å². The van der Waals surface area contributed by atoms with Gasteiger partial charge in [-0.25, -0.2) is 0 Å². The highest BCUT2D eigenvalue weighted by molar-refractivity contribution is 7.91. The summed E-state index contributed by atoms with van der Waals surface area (Å²) in [5.74, 6) is 0. The summed E-state index contributed by atoms with van der Waals surface area (Å²) >= 11 is 4.92. The molecule has 1 unspecified atom stereocenters. The second-order valence-electron chi connectivity index (χ2n) is 6.82. The Morgan fingerprint density at radius 2 is 2.17 bits per heavy atom. The molecule has 0 aliphatic carbocycles. The van der Waals surface area contributed by atoms with Crippen molar-refractivity contribution in [2.45, 2.75) is 50.4 Å². The van der Waals surface area contributed by atoms with Crippen LogP contribution in [0, 0.1) is 0 Å². The van der Waals surface area contributed by atoms with Crippen LogP contribution in [-0.4, -0.2) is 33.0 Å². The predicted molar refractivity (Wildman–Crippen MR) is 101 cm³/mol.